The largest absolute Gasteiger partial charge is 0.258 e. The number of nitrogens with one attached hydrogen (secondary N) is 1. The fourth-order valence-corrected chi connectivity index (χ4v) is 1.20. The van der Waals surface area contributed by atoms with E-state index in [9.17, 15) is 0 Å². The molecule has 0 amide bonds. The number of rotatable bonds is 1. The molecule has 4 nitrogen and oxygen atoms in total. The van der Waals surface area contributed by atoms with Gasteiger partial charge < -0.3 is 0 Å². The van der Waals surface area contributed by atoms with Gasteiger partial charge >= 0.3 is 0 Å². The Hall–Kier alpha value is -1.23. The van der Waals surface area contributed by atoms with Crippen LogP contribution >= 0.6 is 15.9 Å². The molecule has 1 N–H and O–H groups in total. The van der Waals surface area contributed by atoms with Crippen LogP contribution in [-0.2, 0) is 0 Å². The summed E-state index contributed by atoms with van der Waals surface area (Å²) in [6, 6.07) is 3.74. The summed E-state index contributed by atoms with van der Waals surface area (Å²) in [6.07, 6.45) is 3.17. The van der Waals surface area contributed by atoms with E-state index in [0.29, 0.717) is 5.82 Å². The molecule has 0 spiro atoms. The van der Waals surface area contributed by atoms with Gasteiger partial charge in [0.05, 0.1) is 0 Å². The molecule has 2 aromatic rings. The molecule has 0 radical (unpaired) electrons. The predicted molar refractivity (Wildman–Crippen MR) is 47.3 cm³/mol. The Morgan fingerprint density at radius 1 is 1.33 bits per heavy atom. The van der Waals surface area contributed by atoms with Crippen molar-refractivity contribution < 1.29 is 0 Å². The maximum atomic E-state index is 4.12. The van der Waals surface area contributed by atoms with Crippen LogP contribution in [0.1, 0.15) is 0 Å². The Bertz CT molecular complexity index is 371. The number of halogens is 1. The number of nitrogens with zero attached hydrogens (tertiary/aromatic N) is 3. The first kappa shape index (κ1) is 7.42. The minimum absolute atomic E-state index is 0.677. The summed E-state index contributed by atoms with van der Waals surface area (Å²) in [5.41, 5.74) is 0.780. The molecule has 0 saturated heterocycles. The zero-order valence-electron chi connectivity index (χ0n) is 6.03. The molecule has 12 heavy (non-hydrogen) atoms. The lowest BCUT2D eigenvalue weighted by molar-refractivity contribution is 1.08. The van der Waals surface area contributed by atoms with Crippen LogP contribution in [0.25, 0.3) is 11.5 Å². The Morgan fingerprint density at radius 3 is 2.92 bits per heavy atom. The molecule has 0 bridgehead atoms. The number of hydrogen-bond acceptors (Lipinski definition) is 3. The van der Waals surface area contributed by atoms with Crippen molar-refractivity contribution in [1.29, 1.82) is 0 Å². The van der Waals surface area contributed by atoms with Crippen molar-refractivity contribution in [3.63, 3.8) is 0 Å². The van der Waals surface area contributed by atoms with Crippen LogP contribution in [0, 0.1) is 0 Å². The van der Waals surface area contributed by atoms with Gasteiger partial charge in [-0.3, -0.25) is 10.1 Å². The van der Waals surface area contributed by atoms with E-state index in [4.69, 9.17) is 0 Å². The average Bonchev–Trinajstić information content (AvgIpc) is 2.56. The van der Waals surface area contributed by atoms with Crippen LogP contribution < -0.4 is 0 Å². The summed E-state index contributed by atoms with van der Waals surface area (Å²) in [4.78, 5) is 8.10. The van der Waals surface area contributed by atoms with Gasteiger partial charge in [0.1, 0.15) is 12.0 Å². The molecular weight excluding hydrogens is 220 g/mol. The molecule has 2 heterocycles. The second-order valence-electron chi connectivity index (χ2n) is 2.19. The first-order valence-corrected chi connectivity index (χ1v) is 4.13. The van der Waals surface area contributed by atoms with E-state index in [1.54, 1.807) is 6.20 Å². The van der Waals surface area contributed by atoms with Gasteiger partial charge in [0.2, 0.25) is 0 Å². The van der Waals surface area contributed by atoms with Crippen molar-refractivity contribution >= 4 is 15.9 Å². The van der Waals surface area contributed by atoms with E-state index < -0.39 is 0 Å². The van der Waals surface area contributed by atoms with Crippen LogP contribution in [0.15, 0.2) is 29.1 Å². The molecule has 5 heteroatoms. The topological polar surface area (TPSA) is 54.5 Å². The van der Waals surface area contributed by atoms with Gasteiger partial charge in [-0.15, -0.1) is 0 Å². The van der Waals surface area contributed by atoms with E-state index >= 15 is 0 Å². The fourth-order valence-electron chi connectivity index (χ4n) is 0.863. The van der Waals surface area contributed by atoms with E-state index in [1.807, 2.05) is 12.1 Å². The van der Waals surface area contributed by atoms with E-state index in [-0.39, 0.29) is 0 Å². The van der Waals surface area contributed by atoms with E-state index in [0.717, 1.165) is 10.2 Å². The molecule has 60 valence electrons. The molecule has 0 saturated carbocycles. The Morgan fingerprint density at radius 2 is 2.25 bits per heavy atom. The third-order valence-corrected chi connectivity index (χ3v) is 1.87. The second-order valence-corrected chi connectivity index (χ2v) is 3.11. The molecule has 2 rings (SSSR count). The predicted octanol–water partition coefficient (Wildman–Crippen LogP) is 1.63. The van der Waals surface area contributed by atoms with Gasteiger partial charge in [0, 0.05) is 10.7 Å². The zero-order valence-corrected chi connectivity index (χ0v) is 7.62. The molecular formula is C7H5BrN4. The summed E-state index contributed by atoms with van der Waals surface area (Å²) < 4.78 is 0.976. The third kappa shape index (κ3) is 1.35. The highest BCUT2D eigenvalue weighted by atomic mass is 79.9. The van der Waals surface area contributed by atoms with Crippen molar-refractivity contribution in [2.24, 2.45) is 0 Å². The minimum atomic E-state index is 0.677. The molecule has 0 fully saturated rings. The van der Waals surface area contributed by atoms with Crippen molar-refractivity contribution in [2.75, 3.05) is 0 Å². The maximum absolute atomic E-state index is 4.12. The third-order valence-electron chi connectivity index (χ3n) is 1.38. The summed E-state index contributed by atoms with van der Waals surface area (Å²) in [5.74, 6) is 0.677. The number of pyridine rings is 1. The van der Waals surface area contributed by atoms with E-state index in [1.165, 1.54) is 6.33 Å². The van der Waals surface area contributed by atoms with Gasteiger partial charge in [-0.05, 0) is 12.1 Å². The van der Waals surface area contributed by atoms with Gasteiger partial charge in [-0.1, -0.05) is 15.9 Å². The second kappa shape index (κ2) is 3.02. The standard InChI is InChI=1S/C7H5BrN4/c8-5-1-2-9-6(3-5)7-10-4-11-12-7/h1-4H,(H,10,11,12). The van der Waals surface area contributed by atoms with E-state index in [2.05, 4.69) is 36.1 Å². The summed E-state index contributed by atoms with van der Waals surface area (Å²) in [5, 5.41) is 6.47. The van der Waals surface area contributed by atoms with Gasteiger partial charge in [0.25, 0.3) is 0 Å². The van der Waals surface area contributed by atoms with Crippen molar-refractivity contribution in [2.45, 2.75) is 0 Å². The molecule has 0 aliphatic rings. The van der Waals surface area contributed by atoms with Gasteiger partial charge in [-0.2, -0.15) is 5.10 Å². The van der Waals surface area contributed by atoms with Crippen molar-refractivity contribution in [3.05, 3.63) is 29.1 Å². The quantitative estimate of drug-likeness (QED) is 0.802. The lowest BCUT2D eigenvalue weighted by Crippen LogP contribution is -1.84. The van der Waals surface area contributed by atoms with Crippen LogP contribution in [0.5, 0.6) is 0 Å². The van der Waals surface area contributed by atoms with Crippen LogP contribution in [-0.4, -0.2) is 20.2 Å². The highest BCUT2D eigenvalue weighted by Crippen LogP contribution is 2.15. The Labute approximate surface area is 77.2 Å². The molecule has 0 aromatic carbocycles. The normalized spacial score (nSPS) is 10.1. The lowest BCUT2D eigenvalue weighted by Gasteiger charge is -1.94. The summed E-state index contributed by atoms with van der Waals surface area (Å²) in [6.45, 7) is 0. The van der Waals surface area contributed by atoms with Gasteiger partial charge in [0.15, 0.2) is 5.82 Å². The number of aromatic amines is 1. The molecule has 0 aliphatic carbocycles. The monoisotopic (exact) mass is 224 g/mol. The lowest BCUT2D eigenvalue weighted by atomic mass is 10.3. The maximum Gasteiger partial charge on any atom is 0.174 e. The van der Waals surface area contributed by atoms with Crippen LogP contribution in [0.3, 0.4) is 0 Å². The Balaban J connectivity index is 2.48. The summed E-state index contributed by atoms with van der Waals surface area (Å²) >= 11 is 3.35. The van der Waals surface area contributed by atoms with Crippen LogP contribution in [0.4, 0.5) is 0 Å². The molecule has 0 unspecified atom stereocenters. The number of H-pyrrole nitrogens is 1. The van der Waals surface area contributed by atoms with Crippen LogP contribution in [0.2, 0.25) is 0 Å². The molecule has 2 aromatic heterocycles. The molecule has 0 aliphatic heterocycles. The fraction of sp³-hybridized carbons (Fsp3) is 0. The summed E-state index contributed by atoms with van der Waals surface area (Å²) in [7, 11) is 0. The van der Waals surface area contributed by atoms with Crippen molar-refractivity contribution in [1.82, 2.24) is 20.2 Å². The first-order chi connectivity index (χ1) is 5.86. The highest BCUT2D eigenvalue weighted by molar-refractivity contribution is 9.10. The molecule has 0 atom stereocenters. The first-order valence-electron chi connectivity index (χ1n) is 3.33. The minimum Gasteiger partial charge on any atom is -0.258 e. The average molecular weight is 225 g/mol. The van der Waals surface area contributed by atoms with Crippen molar-refractivity contribution in [3.8, 4) is 11.5 Å². The number of hydrogen-bond donors (Lipinski definition) is 1. The Kier molecular flexibility index (Phi) is 1.87. The van der Waals surface area contributed by atoms with Gasteiger partial charge in [-0.25, -0.2) is 4.98 Å². The zero-order chi connectivity index (χ0) is 8.39. The SMILES string of the molecule is Brc1ccnc(-c2ncn[nH]2)c1. The smallest absolute Gasteiger partial charge is 0.174 e. The number of aromatic nitrogens is 4. The highest BCUT2D eigenvalue weighted by Gasteiger charge is 2.00.